The molecule has 0 saturated heterocycles. The van der Waals surface area contributed by atoms with Crippen molar-refractivity contribution < 1.29 is 0 Å². The number of likely N-dealkylation sites (N-methyl/N-ethyl adjacent to an activating group) is 1. The normalized spacial score (nSPS) is 21.6. The Bertz CT molecular complexity index is 438. The van der Waals surface area contributed by atoms with Crippen molar-refractivity contribution in [3.63, 3.8) is 0 Å². The molecule has 1 saturated carbocycles. The molecule has 3 heteroatoms. The van der Waals surface area contributed by atoms with Crippen LogP contribution >= 0.6 is 15.9 Å². The maximum atomic E-state index is 3.67. The molecule has 1 heterocycles. The number of benzene rings is 1. The van der Waals surface area contributed by atoms with Crippen molar-refractivity contribution in [2.24, 2.45) is 0 Å². The van der Waals surface area contributed by atoms with Gasteiger partial charge in [0.2, 0.25) is 0 Å². The lowest BCUT2D eigenvalue weighted by Gasteiger charge is -2.51. The van der Waals surface area contributed by atoms with Crippen LogP contribution in [0.1, 0.15) is 39.0 Å². The summed E-state index contributed by atoms with van der Waals surface area (Å²) in [7, 11) is 0. The highest BCUT2D eigenvalue weighted by atomic mass is 79.9. The van der Waals surface area contributed by atoms with Gasteiger partial charge in [0, 0.05) is 17.6 Å². The van der Waals surface area contributed by atoms with E-state index >= 15 is 0 Å². The average molecular weight is 309 g/mol. The maximum Gasteiger partial charge on any atom is 0.0723 e. The van der Waals surface area contributed by atoms with Crippen molar-refractivity contribution in [2.45, 2.75) is 44.6 Å². The minimum absolute atomic E-state index is 0.362. The molecular weight excluding hydrogens is 288 g/mol. The van der Waals surface area contributed by atoms with Gasteiger partial charge in [-0.25, -0.2) is 0 Å². The van der Waals surface area contributed by atoms with Crippen LogP contribution in [-0.2, 0) is 0 Å². The Labute approximate surface area is 118 Å². The summed E-state index contributed by atoms with van der Waals surface area (Å²) in [5.74, 6) is 0. The van der Waals surface area contributed by atoms with E-state index in [4.69, 9.17) is 0 Å². The van der Waals surface area contributed by atoms with Crippen LogP contribution in [0.3, 0.4) is 0 Å². The smallest absolute Gasteiger partial charge is 0.0723 e. The Morgan fingerprint density at radius 3 is 2.78 bits per heavy atom. The zero-order valence-electron chi connectivity index (χ0n) is 11.0. The predicted molar refractivity (Wildman–Crippen MR) is 81.5 cm³/mol. The first-order valence-electron chi connectivity index (χ1n) is 7.07. The van der Waals surface area contributed by atoms with Crippen LogP contribution in [0, 0.1) is 0 Å². The Kier molecular flexibility index (Phi) is 3.27. The second-order valence-corrected chi connectivity index (χ2v) is 6.37. The third-order valence-corrected chi connectivity index (χ3v) is 5.21. The molecule has 2 nitrogen and oxygen atoms in total. The molecule has 98 valence electrons. The van der Waals surface area contributed by atoms with Crippen molar-refractivity contribution in [2.75, 3.05) is 23.3 Å². The molecule has 1 N–H and O–H groups in total. The predicted octanol–water partition coefficient (Wildman–Crippen LogP) is 4.40. The van der Waals surface area contributed by atoms with Gasteiger partial charge in [-0.05, 0) is 47.8 Å². The summed E-state index contributed by atoms with van der Waals surface area (Å²) in [6.45, 7) is 4.48. The van der Waals surface area contributed by atoms with Crippen LogP contribution in [0.2, 0.25) is 0 Å². The molecule has 0 bridgehead atoms. The number of halogens is 1. The molecule has 1 aromatic carbocycles. The number of anilines is 2. The largest absolute Gasteiger partial charge is 0.380 e. The molecule has 1 fully saturated rings. The summed E-state index contributed by atoms with van der Waals surface area (Å²) < 4.78 is 1.18. The molecular formula is C15H21BrN2. The van der Waals surface area contributed by atoms with Gasteiger partial charge in [0.15, 0.2) is 0 Å². The third-order valence-electron chi connectivity index (χ3n) is 4.55. The molecule has 3 rings (SSSR count). The number of para-hydroxylation sites is 1. The van der Waals surface area contributed by atoms with Crippen molar-refractivity contribution in [1.29, 1.82) is 0 Å². The van der Waals surface area contributed by atoms with Gasteiger partial charge in [-0.2, -0.15) is 0 Å². The summed E-state index contributed by atoms with van der Waals surface area (Å²) >= 11 is 3.66. The van der Waals surface area contributed by atoms with Crippen LogP contribution in [0.5, 0.6) is 0 Å². The van der Waals surface area contributed by atoms with Crippen molar-refractivity contribution in [1.82, 2.24) is 0 Å². The van der Waals surface area contributed by atoms with Crippen LogP contribution < -0.4 is 10.2 Å². The van der Waals surface area contributed by atoms with E-state index in [-0.39, 0.29) is 0 Å². The van der Waals surface area contributed by atoms with Gasteiger partial charge in [-0.3, -0.25) is 0 Å². The SMILES string of the molecule is CCN1c2cccc(Br)c2NCC12CCCCC2. The lowest BCUT2D eigenvalue weighted by Crippen LogP contribution is -2.57. The topological polar surface area (TPSA) is 15.3 Å². The Balaban J connectivity index is 2.02. The van der Waals surface area contributed by atoms with Gasteiger partial charge in [-0.15, -0.1) is 0 Å². The van der Waals surface area contributed by atoms with Crippen LogP contribution in [0.25, 0.3) is 0 Å². The lowest BCUT2D eigenvalue weighted by atomic mass is 9.78. The average Bonchev–Trinajstić information content (AvgIpc) is 2.40. The number of hydrogen-bond donors (Lipinski definition) is 1. The standard InChI is InChI=1S/C15H21BrN2/c1-2-18-13-8-6-7-12(16)14(13)17-11-15(18)9-4-3-5-10-15/h6-8,17H,2-5,9-11H2,1H3. The van der Waals surface area contributed by atoms with Gasteiger partial charge in [0.1, 0.15) is 0 Å². The number of nitrogens with one attached hydrogen (secondary N) is 1. The minimum Gasteiger partial charge on any atom is -0.380 e. The summed E-state index contributed by atoms with van der Waals surface area (Å²) in [4.78, 5) is 2.64. The Hall–Kier alpha value is -0.700. The Morgan fingerprint density at radius 1 is 1.28 bits per heavy atom. The number of hydrogen-bond acceptors (Lipinski definition) is 2. The van der Waals surface area contributed by atoms with E-state index < -0.39 is 0 Å². The summed E-state index contributed by atoms with van der Waals surface area (Å²) in [6, 6.07) is 6.53. The summed E-state index contributed by atoms with van der Waals surface area (Å²) in [5, 5.41) is 3.67. The number of nitrogens with zero attached hydrogens (tertiary/aromatic N) is 1. The first-order valence-corrected chi connectivity index (χ1v) is 7.86. The zero-order valence-corrected chi connectivity index (χ0v) is 12.6. The molecule has 18 heavy (non-hydrogen) atoms. The van der Waals surface area contributed by atoms with Gasteiger partial charge < -0.3 is 10.2 Å². The molecule has 1 aliphatic heterocycles. The van der Waals surface area contributed by atoms with Gasteiger partial charge >= 0.3 is 0 Å². The molecule has 0 unspecified atom stereocenters. The van der Waals surface area contributed by atoms with E-state index in [0.29, 0.717) is 5.54 Å². The Morgan fingerprint density at radius 2 is 2.06 bits per heavy atom. The zero-order chi connectivity index (χ0) is 12.6. The fourth-order valence-corrected chi connectivity index (χ4v) is 4.17. The van der Waals surface area contributed by atoms with E-state index in [1.54, 1.807) is 0 Å². The molecule has 1 aliphatic carbocycles. The fourth-order valence-electron chi connectivity index (χ4n) is 3.68. The molecule has 0 atom stereocenters. The molecule has 2 aliphatic rings. The molecule has 0 aromatic heterocycles. The minimum atomic E-state index is 0.362. The van der Waals surface area contributed by atoms with Crippen LogP contribution in [0.15, 0.2) is 22.7 Å². The second-order valence-electron chi connectivity index (χ2n) is 5.52. The molecule has 0 amide bonds. The van der Waals surface area contributed by atoms with Crippen molar-refractivity contribution in [3.05, 3.63) is 22.7 Å². The quantitative estimate of drug-likeness (QED) is 0.827. The van der Waals surface area contributed by atoms with Crippen LogP contribution in [-0.4, -0.2) is 18.6 Å². The first-order chi connectivity index (χ1) is 8.77. The highest BCUT2D eigenvalue weighted by Gasteiger charge is 2.41. The van der Waals surface area contributed by atoms with E-state index in [2.05, 4.69) is 51.3 Å². The first kappa shape index (κ1) is 12.3. The number of rotatable bonds is 1. The van der Waals surface area contributed by atoms with E-state index in [9.17, 15) is 0 Å². The van der Waals surface area contributed by atoms with Crippen molar-refractivity contribution >= 4 is 27.3 Å². The second kappa shape index (κ2) is 4.76. The van der Waals surface area contributed by atoms with Gasteiger partial charge in [0.25, 0.3) is 0 Å². The van der Waals surface area contributed by atoms with E-state index in [1.807, 2.05) is 0 Å². The third kappa shape index (κ3) is 1.83. The van der Waals surface area contributed by atoms with E-state index in [1.165, 1.54) is 48.0 Å². The lowest BCUT2D eigenvalue weighted by molar-refractivity contribution is 0.285. The summed E-state index contributed by atoms with van der Waals surface area (Å²) in [6.07, 6.45) is 6.83. The molecule has 0 radical (unpaired) electrons. The monoisotopic (exact) mass is 308 g/mol. The van der Waals surface area contributed by atoms with Gasteiger partial charge in [0.05, 0.1) is 16.9 Å². The number of fused-ring (bicyclic) bond motifs is 1. The van der Waals surface area contributed by atoms with E-state index in [0.717, 1.165) is 13.1 Å². The van der Waals surface area contributed by atoms with Crippen molar-refractivity contribution in [3.8, 4) is 0 Å². The maximum absolute atomic E-state index is 3.67. The highest BCUT2D eigenvalue weighted by Crippen LogP contribution is 2.45. The molecule has 1 spiro atoms. The summed E-state index contributed by atoms with van der Waals surface area (Å²) in [5.41, 5.74) is 3.01. The van der Waals surface area contributed by atoms with Crippen LogP contribution in [0.4, 0.5) is 11.4 Å². The van der Waals surface area contributed by atoms with Gasteiger partial charge in [-0.1, -0.05) is 25.3 Å². The molecule has 1 aromatic rings. The highest BCUT2D eigenvalue weighted by molar-refractivity contribution is 9.10. The fraction of sp³-hybridized carbons (Fsp3) is 0.600.